The van der Waals surface area contributed by atoms with E-state index in [4.69, 9.17) is 0 Å². The van der Waals surface area contributed by atoms with Crippen molar-refractivity contribution in [3.63, 3.8) is 0 Å². The highest BCUT2D eigenvalue weighted by Gasteiger charge is 2.44. The number of nitriles is 1. The molecule has 1 aromatic carbocycles. The third kappa shape index (κ3) is 4.97. The molecule has 0 spiro atoms. The first kappa shape index (κ1) is 24.3. The number of fused-ring (bicyclic) bond motifs is 1. The molecule has 7 heteroatoms. The SMILES string of the molecule is Cc1ccc(C(=O)N2CCN(C3=C(C#N)C(=O)N(CCCN(C)C)C4CCCCC34)CC2)cc1. The largest absolute Gasteiger partial charge is 0.370 e. The molecule has 34 heavy (non-hydrogen) atoms. The van der Waals surface area contributed by atoms with Crippen molar-refractivity contribution in [1.29, 1.82) is 5.26 Å². The van der Waals surface area contributed by atoms with Crippen LogP contribution < -0.4 is 0 Å². The quantitative estimate of drug-likeness (QED) is 0.649. The number of rotatable bonds is 6. The molecule has 2 heterocycles. The minimum Gasteiger partial charge on any atom is -0.370 e. The Balaban J connectivity index is 1.51. The normalized spacial score (nSPS) is 23.3. The van der Waals surface area contributed by atoms with Gasteiger partial charge in [-0.15, -0.1) is 0 Å². The van der Waals surface area contributed by atoms with Gasteiger partial charge in [-0.25, -0.2) is 0 Å². The lowest BCUT2D eigenvalue weighted by molar-refractivity contribution is -0.132. The Morgan fingerprint density at radius 2 is 1.76 bits per heavy atom. The lowest BCUT2D eigenvalue weighted by Gasteiger charge is -2.49. The zero-order valence-corrected chi connectivity index (χ0v) is 20.8. The fourth-order valence-corrected chi connectivity index (χ4v) is 5.74. The molecule has 182 valence electrons. The summed E-state index contributed by atoms with van der Waals surface area (Å²) in [4.78, 5) is 34.7. The molecule has 3 aliphatic rings. The van der Waals surface area contributed by atoms with Crippen LogP contribution in [0, 0.1) is 24.2 Å². The number of carbonyl (C=O) groups is 2. The monoisotopic (exact) mass is 463 g/mol. The van der Waals surface area contributed by atoms with Gasteiger partial charge in [0.15, 0.2) is 0 Å². The smallest absolute Gasteiger partial charge is 0.266 e. The minimum absolute atomic E-state index is 0.0523. The number of hydrogen-bond acceptors (Lipinski definition) is 5. The second-order valence-corrected chi connectivity index (χ2v) is 10.1. The maximum Gasteiger partial charge on any atom is 0.266 e. The van der Waals surface area contributed by atoms with Crippen molar-refractivity contribution in [2.45, 2.75) is 45.1 Å². The number of carbonyl (C=O) groups excluding carboxylic acids is 2. The van der Waals surface area contributed by atoms with E-state index < -0.39 is 0 Å². The second kappa shape index (κ2) is 10.6. The minimum atomic E-state index is -0.0995. The molecule has 0 bridgehead atoms. The first-order valence-corrected chi connectivity index (χ1v) is 12.6. The van der Waals surface area contributed by atoms with E-state index in [0.717, 1.165) is 49.9 Å². The average molecular weight is 464 g/mol. The van der Waals surface area contributed by atoms with Gasteiger partial charge in [-0.1, -0.05) is 30.5 Å². The molecule has 1 aliphatic carbocycles. The summed E-state index contributed by atoms with van der Waals surface area (Å²) in [6.45, 7) is 6.18. The molecule has 1 saturated heterocycles. The van der Waals surface area contributed by atoms with Crippen LogP contribution in [0.15, 0.2) is 35.5 Å². The Labute approximate surface area is 203 Å². The van der Waals surface area contributed by atoms with E-state index in [1.54, 1.807) is 0 Å². The van der Waals surface area contributed by atoms with E-state index in [9.17, 15) is 14.9 Å². The van der Waals surface area contributed by atoms with E-state index >= 15 is 0 Å². The summed E-state index contributed by atoms with van der Waals surface area (Å²) in [5.41, 5.74) is 3.12. The van der Waals surface area contributed by atoms with Crippen LogP contribution in [0.4, 0.5) is 0 Å². The Morgan fingerprint density at radius 1 is 1.09 bits per heavy atom. The van der Waals surface area contributed by atoms with Gasteiger partial charge in [-0.2, -0.15) is 5.26 Å². The summed E-state index contributed by atoms with van der Waals surface area (Å²) in [6, 6.07) is 10.2. The standard InChI is InChI=1S/C27H37N5O2/c1-20-9-11-21(12-10-20)26(33)31-17-15-30(16-18-31)25-22-7-4-5-8-24(22)32(14-6-13-29(2)3)27(34)23(25)19-28/h9-12,22,24H,4-8,13-18H2,1-3H3. The van der Waals surface area contributed by atoms with Gasteiger partial charge in [0, 0.05) is 55.9 Å². The Morgan fingerprint density at radius 3 is 2.41 bits per heavy atom. The van der Waals surface area contributed by atoms with Crippen molar-refractivity contribution in [3.05, 3.63) is 46.7 Å². The van der Waals surface area contributed by atoms with Gasteiger partial charge in [0.05, 0.1) is 0 Å². The van der Waals surface area contributed by atoms with Gasteiger partial charge in [-0.05, 0) is 59.0 Å². The van der Waals surface area contributed by atoms with Gasteiger partial charge in [0.1, 0.15) is 11.6 Å². The maximum atomic E-state index is 13.5. The first-order chi connectivity index (χ1) is 16.4. The van der Waals surface area contributed by atoms with Gasteiger partial charge in [0.2, 0.25) is 0 Å². The van der Waals surface area contributed by atoms with Crippen LogP contribution in [0.25, 0.3) is 0 Å². The molecule has 0 N–H and O–H groups in total. The van der Waals surface area contributed by atoms with Crippen LogP contribution in [0.1, 0.15) is 48.0 Å². The van der Waals surface area contributed by atoms with Crippen LogP contribution in [-0.2, 0) is 4.79 Å². The van der Waals surface area contributed by atoms with Gasteiger partial charge in [0.25, 0.3) is 11.8 Å². The van der Waals surface area contributed by atoms with Crippen LogP contribution >= 0.6 is 0 Å². The van der Waals surface area contributed by atoms with Crippen molar-refractivity contribution >= 4 is 11.8 Å². The number of benzene rings is 1. The van der Waals surface area contributed by atoms with Crippen molar-refractivity contribution in [2.75, 3.05) is 53.4 Å². The number of hydrogen-bond donors (Lipinski definition) is 0. The van der Waals surface area contributed by atoms with E-state index in [1.165, 1.54) is 0 Å². The summed E-state index contributed by atoms with van der Waals surface area (Å²) >= 11 is 0. The predicted molar refractivity (Wildman–Crippen MR) is 132 cm³/mol. The first-order valence-electron chi connectivity index (χ1n) is 12.6. The number of nitrogens with zero attached hydrogens (tertiary/aromatic N) is 5. The third-order valence-electron chi connectivity index (χ3n) is 7.53. The van der Waals surface area contributed by atoms with E-state index in [2.05, 4.69) is 15.9 Å². The van der Waals surface area contributed by atoms with Gasteiger partial charge < -0.3 is 19.6 Å². The molecular formula is C27H37N5O2. The highest BCUT2D eigenvalue weighted by atomic mass is 16.2. The van der Waals surface area contributed by atoms with Gasteiger partial charge in [-0.3, -0.25) is 9.59 Å². The molecule has 2 amide bonds. The zero-order chi connectivity index (χ0) is 24.2. The Hall–Kier alpha value is -2.85. The fourth-order valence-electron chi connectivity index (χ4n) is 5.74. The molecule has 7 nitrogen and oxygen atoms in total. The average Bonchev–Trinajstić information content (AvgIpc) is 2.85. The summed E-state index contributed by atoms with van der Waals surface area (Å²) in [5, 5.41) is 10.0. The van der Waals surface area contributed by atoms with E-state index in [1.807, 2.05) is 55.1 Å². The summed E-state index contributed by atoms with van der Waals surface area (Å²) in [5.74, 6) is 0.175. The van der Waals surface area contributed by atoms with Crippen LogP contribution in [-0.4, -0.2) is 90.8 Å². The number of aryl methyl sites for hydroxylation is 1. The van der Waals surface area contributed by atoms with Crippen LogP contribution in [0.2, 0.25) is 0 Å². The second-order valence-electron chi connectivity index (χ2n) is 10.1. The van der Waals surface area contributed by atoms with E-state index in [-0.39, 0.29) is 23.8 Å². The molecule has 0 aromatic heterocycles. The molecule has 2 atom stereocenters. The molecule has 1 aromatic rings. The molecule has 2 fully saturated rings. The molecule has 2 unspecified atom stereocenters. The lowest BCUT2D eigenvalue weighted by Crippen LogP contribution is -2.56. The number of piperazine rings is 1. The van der Waals surface area contributed by atoms with Crippen molar-refractivity contribution in [3.8, 4) is 6.07 Å². The predicted octanol–water partition coefficient (Wildman–Crippen LogP) is 2.88. The highest BCUT2D eigenvalue weighted by Crippen LogP contribution is 2.41. The summed E-state index contributed by atoms with van der Waals surface area (Å²) in [7, 11) is 4.09. The fraction of sp³-hybridized carbons (Fsp3) is 0.593. The Kier molecular flexibility index (Phi) is 7.57. The Bertz CT molecular complexity index is 970. The molecular weight excluding hydrogens is 426 g/mol. The molecule has 1 saturated carbocycles. The molecule has 0 radical (unpaired) electrons. The molecule has 4 rings (SSSR count). The topological polar surface area (TPSA) is 70.9 Å². The third-order valence-corrected chi connectivity index (χ3v) is 7.53. The molecule has 2 aliphatic heterocycles. The zero-order valence-electron chi connectivity index (χ0n) is 20.8. The lowest BCUT2D eigenvalue weighted by atomic mass is 9.76. The maximum absolute atomic E-state index is 13.5. The van der Waals surface area contributed by atoms with E-state index in [0.29, 0.717) is 43.9 Å². The van der Waals surface area contributed by atoms with Gasteiger partial charge >= 0.3 is 0 Å². The van der Waals surface area contributed by atoms with Crippen molar-refractivity contribution < 1.29 is 9.59 Å². The van der Waals surface area contributed by atoms with Crippen LogP contribution in [0.3, 0.4) is 0 Å². The summed E-state index contributed by atoms with van der Waals surface area (Å²) in [6.07, 6.45) is 5.20. The van der Waals surface area contributed by atoms with Crippen molar-refractivity contribution in [2.24, 2.45) is 5.92 Å². The summed E-state index contributed by atoms with van der Waals surface area (Å²) < 4.78 is 0. The van der Waals surface area contributed by atoms with Crippen molar-refractivity contribution in [1.82, 2.24) is 19.6 Å². The highest BCUT2D eigenvalue weighted by molar-refractivity contribution is 5.99. The van der Waals surface area contributed by atoms with Crippen LogP contribution in [0.5, 0.6) is 0 Å². The number of amides is 2.